The Morgan fingerprint density at radius 3 is 2.88 bits per heavy atom. The zero-order valence-electron chi connectivity index (χ0n) is 9.63. The van der Waals surface area contributed by atoms with Gasteiger partial charge in [-0.25, -0.2) is 0 Å². The number of nitro groups is 1. The standard InChI is InChI=1S/C11H16N2O4/c1-17-8-9(14)6-7-12-10-4-2-3-5-11(10)13(15)16/h2-5,9,12,14H,6-8H2,1H3. The van der Waals surface area contributed by atoms with Crippen molar-refractivity contribution in [1.29, 1.82) is 0 Å². The predicted molar refractivity (Wildman–Crippen MR) is 64.1 cm³/mol. The number of para-hydroxylation sites is 2. The highest BCUT2D eigenvalue weighted by Gasteiger charge is 2.12. The number of ether oxygens (including phenoxy) is 1. The molecule has 0 fully saturated rings. The van der Waals surface area contributed by atoms with Crippen LogP contribution in [0.1, 0.15) is 6.42 Å². The highest BCUT2D eigenvalue weighted by atomic mass is 16.6. The second-order valence-electron chi connectivity index (χ2n) is 3.60. The molecule has 0 bridgehead atoms. The summed E-state index contributed by atoms with van der Waals surface area (Å²) < 4.78 is 4.78. The van der Waals surface area contributed by atoms with E-state index in [0.29, 0.717) is 18.7 Å². The molecule has 1 rings (SSSR count). The van der Waals surface area contributed by atoms with Gasteiger partial charge in [-0.3, -0.25) is 10.1 Å². The lowest BCUT2D eigenvalue weighted by molar-refractivity contribution is -0.384. The van der Waals surface area contributed by atoms with E-state index >= 15 is 0 Å². The molecule has 17 heavy (non-hydrogen) atoms. The highest BCUT2D eigenvalue weighted by Crippen LogP contribution is 2.22. The molecule has 0 radical (unpaired) electrons. The van der Waals surface area contributed by atoms with Gasteiger partial charge in [0.1, 0.15) is 5.69 Å². The summed E-state index contributed by atoms with van der Waals surface area (Å²) in [6.45, 7) is 0.716. The van der Waals surface area contributed by atoms with Crippen molar-refractivity contribution in [3.8, 4) is 0 Å². The average molecular weight is 240 g/mol. The van der Waals surface area contributed by atoms with Gasteiger partial charge in [0.2, 0.25) is 0 Å². The number of nitro benzene ring substituents is 1. The minimum atomic E-state index is -0.560. The number of benzene rings is 1. The van der Waals surface area contributed by atoms with E-state index in [0.717, 1.165) is 0 Å². The summed E-state index contributed by atoms with van der Waals surface area (Å²) in [4.78, 5) is 10.3. The van der Waals surface area contributed by atoms with E-state index in [2.05, 4.69) is 5.32 Å². The topological polar surface area (TPSA) is 84.6 Å². The summed E-state index contributed by atoms with van der Waals surface area (Å²) in [6, 6.07) is 6.42. The van der Waals surface area contributed by atoms with Gasteiger partial charge in [0.15, 0.2) is 0 Å². The molecule has 0 spiro atoms. The fourth-order valence-corrected chi connectivity index (χ4v) is 1.43. The Bertz CT molecular complexity index is 370. The second kappa shape index (κ2) is 6.82. The van der Waals surface area contributed by atoms with Crippen molar-refractivity contribution < 1.29 is 14.8 Å². The molecule has 1 atom stereocenters. The van der Waals surface area contributed by atoms with Gasteiger partial charge in [-0.1, -0.05) is 12.1 Å². The Kier molecular flexibility index (Phi) is 5.38. The van der Waals surface area contributed by atoms with Gasteiger partial charge in [-0.05, 0) is 12.5 Å². The molecule has 0 saturated carbocycles. The van der Waals surface area contributed by atoms with Crippen LogP contribution in [0.3, 0.4) is 0 Å². The van der Waals surface area contributed by atoms with Crippen molar-refractivity contribution in [2.45, 2.75) is 12.5 Å². The Labute approximate surface area is 99.4 Å². The summed E-state index contributed by atoms with van der Waals surface area (Å²) >= 11 is 0. The molecule has 0 aromatic heterocycles. The molecular formula is C11H16N2O4. The largest absolute Gasteiger partial charge is 0.391 e. The molecule has 6 nitrogen and oxygen atoms in total. The lowest BCUT2D eigenvalue weighted by Gasteiger charge is -2.10. The first-order valence-corrected chi connectivity index (χ1v) is 5.29. The van der Waals surface area contributed by atoms with E-state index in [1.54, 1.807) is 18.2 Å². The van der Waals surface area contributed by atoms with Gasteiger partial charge in [0, 0.05) is 19.7 Å². The summed E-state index contributed by atoms with van der Waals surface area (Å²) in [7, 11) is 1.51. The molecule has 2 N–H and O–H groups in total. The Morgan fingerprint density at radius 2 is 2.24 bits per heavy atom. The highest BCUT2D eigenvalue weighted by molar-refractivity contribution is 5.60. The maximum absolute atomic E-state index is 10.7. The van der Waals surface area contributed by atoms with Crippen molar-refractivity contribution >= 4 is 11.4 Å². The number of aliphatic hydroxyl groups excluding tert-OH is 1. The smallest absolute Gasteiger partial charge is 0.292 e. The van der Waals surface area contributed by atoms with E-state index in [4.69, 9.17) is 4.74 Å². The van der Waals surface area contributed by atoms with Crippen LogP contribution < -0.4 is 5.32 Å². The monoisotopic (exact) mass is 240 g/mol. The Morgan fingerprint density at radius 1 is 1.53 bits per heavy atom. The summed E-state index contributed by atoms with van der Waals surface area (Å²) in [5, 5.41) is 23.1. The van der Waals surface area contributed by atoms with Crippen molar-refractivity contribution in [3.05, 3.63) is 34.4 Å². The molecule has 0 amide bonds. The van der Waals surface area contributed by atoms with Gasteiger partial charge in [-0.15, -0.1) is 0 Å². The van der Waals surface area contributed by atoms with Crippen LogP contribution in [0, 0.1) is 10.1 Å². The van der Waals surface area contributed by atoms with Gasteiger partial charge >= 0.3 is 0 Å². The summed E-state index contributed by atoms with van der Waals surface area (Å²) in [6.07, 6.45) is -0.0878. The number of nitrogens with one attached hydrogen (secondary N) is 1. The lowest BCUT2D eigenvalue weighted by Crippen LogP contribution is -2.18. The van der Waals surface area contributed by atoms with E-state index in [1.807, 2.05) is 0 Å². The van der Waals surface area contributed by atoms with Gasteiger partial charge in [0.25, 0.3) is 5.69 Å². The lowest BCUT2D eigenvalue weighted by atomic mass is 10.2. The number of anilines is 1. The van der Waals surface area contributed by atoms with Crippen LogP contribution in [0.4, 0.5) is 11.4 Å². The number of nitrogens with zero attached hydrogens (tertiary/aromatic N) is 1. The number of hydrogen-bond acceptors (Lipinski definition) is 5. The molecule has 1 unspecified atom stereocenters. The quantitative estimate of drug-likeness (QED) is 0.556. The zero-order valence-corrected chi connectivity index (χ0v) is 9.63. The molecule has 0 heterocycles. The maximum Gasteiger partial charge on any atom is 0.292 e. The molecule has 0 aliphatic rings. The van der Waals surface area contributed by atoms with E-state index in [1.165, 1.54) is 13.2 Å². The molecule has 1 aromatic rings. The first-order chi connectivity index (χ1) is 8.15. The van der Waals surface area contributed by atoms with Crippen LogP contribution in [0.25, 0.3) is 0 Å². The minimum Gasteiger partial charge on any atom is -0.391 e. The van der Waals surface area contributed by atoms with Gasteiger partial charge in [-0.2, -0.15) is 0 Å². The van der Waals surface area contributed by atoms with Gasteiger partial charge in [0.05, 0.1) is 17.6 Å². The summed E-state index contributed by atoms with van der Waals surface area (Å²) in [5.74, 6) is 0. The van der Waals surface area contributed by atoms with Crippen molar-refractivity contribution in [2.24, 2.45) is 0 Å². The Hall–Kier alpha value is -1.66. The maximum atomic E-state index is 10.7. The van der Waals surface area contributed by atoms with E-state index in [-0.39, 0.29) is 12.3 Å². The normalized spacial score (nSPS) is 12.1. The van der Waals surface area contributed by atoms with Crippen LogP contribution in [0.15, 0.2) is 24.3 Å². The fraction of sp³-hybridized carbons (Fsp3) is 0.455. The predicted octanol–water partition coefficient (Wildman–Crippen LogP) is 1.40. The Balaban J connectivity index is 2.49. The first kappa shape index (κ1) is 13.4. The summed E-state index contributed by atoms with van der Waals surface area (Å²) in [5.41, 5.74) is 0.496. The van der Waals surface area contributed by atoms with Crippen LogP contribution >= 0.6 is 0 Å². The van der Waals surface area contributed by atoms with E-state index in [9.17, 15) is 15.2 Å². The molecule has 0 aliphatic heterocycles. The third-order valence-corrected chi connectivity index (χ3v) is 2.25. The van der Waals surface area contributed by atoms with Gasteiger partial charge < -0.3 is 15.2 Å². The van der Waals surface area contributed by atoms with Crippen LogP contribution in [-0.2, 0) is 4.74 Å². The molecule has 6 heteroatoms. The number of hydrogen-bond donors (Lipinski definition) is 2. The fourth-order valence-electron chi connectivity index (χ4n) is 1.43. The van der Waals surface area contributed by atoms with E-state index < -0.39 is 11.0 Å². The minimum absolute atomic E-state index is 0.0359. The first-order valence-electron chi connectivity index (χ1n) is 5.29. The van der Waals surface area contributed by atoms with Crippen LogP contribution in [-0.4, -0.2) is 36.4 Å². The van der Waals surface area contributed by atoms with Crippen molar-refractivity contribution in [2.75, 3.05) is 25.6 Å². The molecular weight excluding hydrogens is 224 g/mol. The molecule has 0 saturated heterocycles. The zero-order chi connectivity index (χ0) is 12.7. The molecule has 1 aromatic carbocycles. The SMILES string of the molecule is COCC(O)CCNc1ccccc1[N+](=O)[O-]. The van der Waals surface area contributed by atoms with Crippen molar-refractivity contribution in [3.63, 3.8) is 0 Å². The van der Waals surface area contributed by atoms with Crippen LogP contribution in [0.5, 0.6) is 0 Å². The number of rotatable bonds is 7. The number of methoxy groups -OCH3 is 1. The third-order valence-electron chi connectivity index (χ3n) is 2.25. The second-order valence-corrected chi connectivity index (χ2v) is 3.60. The molecule has 0 aliphatic carbocycles. The average Bonchev–Trinajstić information content (AvgIpc) is 2.30. The third kappa shape index (κ3) is 4.38. The molecule has 94 valence electrons. The van der Waals surface area contributed by atoms with Crippen LogP contribution in [0.2, 0.25) is 0 Å². The van der Waals surface area contributed by atoms with Crippen molar-refractivity contribution in [1.82, 2.24) is 0 Å². The number of aliphatic hydroxyl groups is 1.